The number of unbranched alkanes of at least 4 members (excludes halogenated alkanes) is 1. The number of carboxylic acids is 1. The molecular weight excluding hydrogens is 218 g/mol. The van der Waals surface area contributed by atoms with Crippen molar-refractivity contribution in [3.63, 3.8) is 0 Å². The average molecular weight is 243 g/mol. The van der Waals surface area contributed by atoms with Gasteiger partial charge in [-0.05, 0) is 40.2 Å². The molecule has 1 fully saturated rings. The van der Waals surface area contributed by atoms with Crippen LogP contribution in [0.25, 0.3) is 0 Å². The molecule has 1 aliphatic rings. The van der Waals surface area contributed by atoms with Gasteiger partial charge >= 0.3 is 5.97 Å². The van der Waals surface area contributed by atoms with Gasteiger partial charge in [0.1, 0.15) is 0 Å². The Labute approximate surface area is 104 Å². The predicted octanol–water partition coefficient (Wildman–Crippen LogP) is 1.99. The van der Waals surface area contributed by atoms with Crippen LogP contribution in [0.3, 0.4) is 0 Å². The largest absolute Gasteiger partial charge is 0.481 e. The van der Waals surface area contributed by atoms with E-state index in [4.69, 9.17) is 9.84 Å². The molecule has 0 aromatic carbocycles. The molecule has 1 unspecified atom stereocenters. The summed E-state index contributed by atoms with van der Waals surface area (Å²) in [5.41, 5.74) is -0.585. The first-order valence-corrected chi connectivity index (χ1v) is 6.49. The second kappa shape index (κ2) is 6.36. The van der Waals surface area contributed by atoms with Crippen molar-refractivity contribution in [2.75, 3.05) is 26.2 Å². The second-order valence-electron chi connectivity index (χ2n) is 5.63. The van der Waals surface area contributed by atoms with Crippen LogP contribution in [0.2, 0.25) is 0 Å². The van der Waals surface area contributed by atoms with Gasteiger partial charge in [0.25, 0.3) is 0 Å². The van der Waals surface area contributed by atoms with E-state index in [1.54, 1.807) is 13.8 Å². The zero-order chi connectivity index (χ0) is 12.9. The number of carbonyl (C=O) groups is 1. The van der Waals surface area contributed by atoms with Crippen molar-refractivity contribution in [1.29, 1.82) is 0 Å². The Morgan fingerprint density at radius 1 is 1.47 bits per heavy atom. The summed E-state index contributed by atoms with van der Waals surface area (Å²) in [7, 11) is 0. The third-order valence-electron chi connectivity index (χ3n) is 3.43. The summed E-state index contributed by atoms with van der Waals surface area (Å²) < 4.78 is 5.48. The van der Waals surface area contributed by atoms with Crippen LogP contribution in [0.4, 0.5) is 0 Å². The first kappa shape index (κ1) is 14.5. The van der Waals surface area contributed by atoms with Gasteiger partial charge in [-0.15, -0.1) is 0 Å². The molecule has 1 atom stereocenters. The highest BCUT2D eigenvalue weighted by Gasteiger charge is 2.26. The maximum atomic E-state index is 10.9. The maximum Gasteiger partial charge on any atom is 0.309 e. The summed E-state index contributed by atoms with van der Waals surface area (Å²) >= 11 is 0. The molecule has 1 saturated heterocycles. The lowest BCUT2D eigenvalue weighted by molar-refractivity contribution is -0.147. The van der Waals surface area contributed by atoms with Crippen LogP contribution in [-0.4, -0.2) is 48.3 Å². The van der Waals surface area contributed by atoms with Crippen molar-refractivity contribution in [2.45, 2.75) is 46.1 Å². The van der Waals surface area contributed by atoms with Gasteiger partial charge in [0.05, 0.1) is 18.1 Å². The summed E-state index contributed by atoms with van der Waals surface area (Å²) in [6.45, 7) is 9.58. The summed E-state index contributed by atoms with van der Waals surface area (Å²) in [5, 5.41) is 9.00. The molecule has 0 aliphatic carbocycles. The van der Waals surface area contributed by atoms with Crippen LogP contribution >= 0.6 is 0 Å². The molecule has 1 aliphatic heterocycles. The molecule has 0 aromatic rings. The van der Waals surface area contributed by atoms with E-state index >= 15 is 0 Å². The van der Waals surface area contributed by atoms with E-state index in [-0.39, 0.29) is 0 Å². The third kappa shape index (κ3) is 5.04. The quantitative estimate of drug-likeness (QED) is 0.725. The Balaban J connectivity index is 2.13. The van der Waals surface area contributed by atoms with Gasteiger partial charge in [-0.3, -0.25) is 9.69 Å². The Bertz CT molecular complexity index is 253. The monoisotopic (exact) mass is 243 g/mol. The Kier molecular flexibility index (Phi) is 5.40. The molecule has 0 radical (unpaired) electrons. The summed E-state index contributed by atoms with van der Waals surface area (Å²) in [5.74, 6) is -0.697. The zero-order valence-corrected chi connectivity index (χ0v) is 11.2. The van der Waals surface area contributed by atoms with Crippen LogP contribution < -0.4 is 0 Å². The van der Waals surface area contributed by atoms with Gasteiger partial charge in [-0.25, -0.2) is 0 Å². The lowest BCUT2D eigenvalue weighted by Crippen LogP contribution is -2.41. The number of nitrogens with zero attached hydrogens (tertiary/aromatic N) is 1. The van der Waals surface area contributed by atoms with Crippen molar-refractivity contribution < 1.29 is 14.6 Å². The standard InChI is InChI=1S/C13H25NO3/c1-11-10-14(8-9-17-11)7-5-4-6-13(2,3)12(15)16/h11H,4-10H2,1-3H3,(H,15,16). The van der Waals surface area contributed by atoms with E-state index in [1.165, 1.54) is 0 Å². The molecule has 0 bridgehead atoms. The Hall–Kier alpha value is -0.610. The normalized spacial score (nSPS) is 22.6. The number of rotatable bonds is 6. The van der Waals surface area contributed by atoms with Crippen molar-refractivity contribution in [2.24, 2.45) is 5.41 Å². The molecule has 0 spiro atoms. The number of carboxylic acid groups (broad SMARTS) is 1. The average Bonchev–Trinajstić information content (AvgIpc) is 2.24. The SMILES string of the molecule is CC1CN(CCCCC(C)(C)C(=O)O)CCO1. The number of hydrogen-bond acceptors (Lipinski definition) is 3. The Morgan fingerprint density at radius 2 is 2.18 bits per heavy atom. The molecule has 0 aromatic heterocycles. The summed E-state index contributed by atoms with van der Waals surface area (Å²) in [6.07, 6.45) is 3.13. The van der Waals surface area contributed by atoms with Crippen LogP contribution in [0.15, 0.2) is 0 Å². The van der Waals surface area contributed by atoms with E-state index in [9.17, 15) is 4.79 Å². The molecular formula is C13H25NO3. The van der Waals surface area contributed by atoms with Gasteiger partial charge in [-0.2, -0.15) is 0 Å². The molecule has 0 saturated carbocycles. The highest BCUT2D eigenvalue weighted by atomic mass is 16.5. The molecule has 4 nitrogen and oxygen atoms in total. The van der Waals surface area contributed by atoms with Crippen LogP contribution in [0.1, 0.15) is 40.0 Å². The highest BCUT2D eigenvalue weighted by Crippen LogP contribution is 2.23. The zero-order valence-electron chi connectivity index (χ0n) is 11.2. The first-order valence-electron chi connectivity index (χ1n) is 6.49. The van der Waals surface area contributed by atoms with Gasteiger partial charge in [-0.1, -0.05) is 6.42 Å². The predicted molar refractivity (Wildman–Crippen MR) is 67.1 cm³/mol. The van der Waals surface area contributed by atoms with Crippen molar-refractivity contribution in [3.05, 3.63) is 0 Å². The summed E-state index contributed by atoms with van der Waals surface area (Å²) in [4.78, 5) is 13.3. The van der Waals surface area contributed by atoms with Gasteiger partial charge in [0.2, 0.25) is 0 Å². The lowest BCUT2D eigenvalue weighted by Gasteiger charge is -2.31. The highest BCUT2D eigenvalue weighted by molar-refractivity contribution is 5.73. The molecule has 1 N–H and O–H groups in total. The van der Waals surface area contributed by atoms with E-state index in [1.807, 2.05) is 0 Å². The number of ether oxygens (including phenoxy) is 1. The van der Waals surface area contributed by atoms with Crippen molar-refractivity contribution >= 4 is 5.97 Å². The van der Waals surface area contributed by atoms with Crippen molar-refractivity contribution in [1.82, 2.24) is 4.90 Å². The lowest BCUT2D eigenvalue weighted by atomic mass is 9.87. The molecule has 0 amide bonds. The number of hydrogen-bond donors (Lipinski definition) is 1. The van der Waals surface area contributed by atoms with Crippen LogP contribution in [-0.2, 0) is 9.53 Å². The van der Waals surface area contributed by atoms with E-state index in [2.05, 4.69) is 11.8 Å². The minimum absolute atomic E-state index is 0.333. The molecule has 4 heteroatoms. The van der Waals surface area contributed by atoms with Gasteiger partial charge < -0.3 is 9.84 Å². The van der Waals surface area contributed by atoms with Gasteiger partial charge in [0.15, 0.2) is 0 Å². The minimum Gasteiger partial charge on any atom is -0.481 e. The maximum absolute atomic E-state index is 10.9. The Morgan fingerprint density at radius 3 is 2.76 bits per heavy atom. The van der Waals surface area contributed by atoms with Crippen molar-refractivity contribution in [3.8, 4) is 0 Å². The summed E-state index contributed by atoms with van der Waals surface area (Å²) in [6, 6.07) is 0. The first-order chi connectivity index (χ1) is 7.92. The fourth-order valence-electron chi connectivity index (χ4n) is 2.10. The number of morpholine rings is 1. The van der Waals surface area contributed by atoms with Crippen LogP contribution in [0.5, 0.6) is 0 Å². The molecule has 1 rings (SSSR count). The minimum atomic E-state index is -0.697. The van der Waals surface area contributed by atoms with E-state index in [0.29, 0.717) is 6.10 Å². The topological polar surface area (TPSA) is 49.8 Å². The molecule has 100 valence electrons. The fraction of sp³-hybridized carbons (Fsp3) is 0.923. The second-order valence-corrected chi connectivity index (χ2v) is 5.63. The van der Waals surface area contributed by atoms with E-state index in [0.717, 1.165) is 45.5 Å². The molecule has 1 heterocycles. The van der Waals surface area contributed by atoms with Gasteiger partial charge in [0, 0.05) is 13.1 Å². The van der Waals surface area contributed by atoms with E-state index < -0.39 is 11.4 Å². The number of aliphatic carboxylic acids is 1. The molecule has 17 heavy (non-hydrogen) atoms. The van der Waals surface area contributed by atoms with Crippen LogP contribution in [0, 0.1) is 5.41 Å². The fourth-order valence-corrected chi connectivity index (χ4v) is 2.10. The third-order valence-corrected chi connectivity index (χ3v) is 3.43. The smallest absolute Gasteiger partial charge is 0.309 e.